The standard InChI is InChI=1S/C25H19F2N3O3/c26-25(27)33-21-9-5-4-8-20(21)28-15-18-16-30(19-6-2-1-3-7-19)29-24(18)17-10-11-22-23(14-17)32-13-12-31-22/h1-11,14-16,25H,12-13H2. The second-order valence-corrected chi connectivity index (χ2v) is 7.18. The summed E-state index contributed by atoms with van der Waals surface area (Å²) in [5.74, 6) is 1.33. The van der Waals surface area contributed by atoms with E-state index in [4.69, 9.17) is 14.6 Å². The van der Waals surface area contributed by atoms with E-state index in [1.807, 2.05) is 54.7 Å². The number of benzene rings is 3. The van der Waals surface area contributed by atoms with Crippen LogP contribution < -0.4 is 14.2 Å². The number of aromatic nitrogens is 2. The zero-order valence-electron chi connectivity index (χ0n) is 17.4. The Hall–Kier alpha value is -4.20. The fourth-order valence-corrected chi connectivity index (χ4v) is 3.51. The van der Waals surface area contributed by atoms with Crippen molar-refractivity contribution in [2.45, 2.75) is 6.61 Å². The first-order chi connectivity index (χ1) is 16.2. The molecule has 0 bridgehead atoms. The number of para-hydroxylation sites is 3. The van der Waals surface area contributed by atoms with E-state index in [1.165, 1.54) is 6.07 Å². The van der Waals surface area contributed by atoms with Crippen molar-refractivity contribution in [1.82, 2.24) is 9.78 Å². The normalized spacial score (nSPS) is 12.9. The smallest absolute Gasteiger partial charge is 0.387 e. The number of alkyl halides is 2. The molecule has 0 spiro atoms. The summed E-state index contributed by atoms with van der Waals surface area (Å²) in [6.45, 7) is -1.95. The summed E-state index contributed by atoms with van der Waals surface area (Å²) >= 11 is 0. The Kier molecular flexibility index (Phi) is 5.72. The molecule has 6 nitrogen and oxygen atoms in total. The number of fused-ring (bicyclic) bond motifs is 1. The lowest BCUT2D eigenvalue weighted by Crippen LogP contribution is -2.15. The number of hydrogen-bond acceptors (Lipinski definition) is 5. The molecule has 0 saturated heterocycles. The molecule has 0 saturated carbocycles. The highest BCUT2D eigenvalue weighted by Gasteiger charge is 2.17. The molecule has 0 radical (unpaired) electrons. The van der Waals surface area contributed by atoms with Crippen LogP contribution in [0.5, 0.6) is 17.2 Å². The zero-order chi connectivity index (χ0) is 22.6. The minimum atomic E-state index is -2.93. The van der Waals surface area contributed by atoms with Crippen molar-refractivity contribution < 1.29 is 23.0 Å². The van der Waals surface area contributed by atoms with Crippen molar-refractivity contribution in [3.63, 3.8) is 0 Å². The van der Waals surface area contributed by atoms with E-state index in [2.05, 4.69) is 9.73 Å². The van der Waals surface area contributed by atoms with Crippen molar-refractivity contribution in [1.29, 1.82) is 0 Å². The molecule has 166 valence electrons. The van der Waals surface area contributed by atoms with Crippen molar-refractivity contribution in [3.8, 4) is 34.2 Å². The molecule has 0 unspecified atom stereocenters. The quantitative estimate of drug-likeness (QED) is 0.358. The second-order valence-electron chi connectivity index (χ2n) is 7.18. The van der Waals surface area contributed by atoms with Crippen LogP contribution in [0.4, 0.5) is 14.5 Å². The first kappa shape index (κ1) is 20.7. The Morgan fingerprint density at radius 2 is 1.70 bits per heavy atom. The van der Waals surface area contributed by atoms with Gasteiger partial charge in [-0.05, 0) is 42.5 Å². The van der Waals surface area contributed by atoms with Crippen LogP contribution in [0.1, 0.15) is 5.56 Å². The van der Waals surface area contributed by atoms with Crippen molar-refractivity contribution in [3.05, 3.63) is 84.6 Å². The molecule has 1 aromatic heterocycles. The molecular weight excluding hydrogens is 428 g/mol. The summed E-state index contributed by atoms with van der Waals surface area (Å²) in [6.07, 6.45) is 3.42. The number of nitrogens with zero attached hydrogens (tertiary/aromatic N) is 3. The van der Waals surface area contributed by atoms with E-state index in [9.17, 15) is 8.78 Å². The molecule has 3 aromatic carbocycles. The van der Waals surface area contributed by atoms with E-state index in [1.54, 1.807) is 29.1 Å². The van der Waals surface area contributed by atoms with Gasteiger partial charge in [0.05, 0.1) is 5.69 Å². The molecule has 5 rings (SSSR count). The molecule has 1 aliphatic rings. The molecule has 1 aliphatic heterocycles. The first-order valence-corrected chi connectivity index (χ1v) is 10.3. The molecule has 0 atom stereocenters. The third-order valence-electron chi connectivity index (χ3n) is 5.00. The van der Waals surface area contributed by atoms with Crippen LogP contribution in [0.25, 0.3) is 16.9 Å². The topological polar surface area (TPSA) is 57.9 Å². The molecule has 33 heavy (non-hydrogen) atoms. The Morgan fingerprint density at radius 3 is 2.52 bits per heavy atom. The fourth-order valence-electron chi connectivity index (χ4n) is 3.51. The average Bonchev–Trinajstić information content (AvgIpc) is 3.28. The Balaban J connectivity index is 1.57. The lowest BCUT2D eigenvalue weighted by molar-refractivity contribution is -0.0494. The third-order valence-corrected chi connectivity index (χ3v) is 5.00. The average molecular weight is 447 g/mol. The van der Waals surface area contributed by atoms with Crippen LogP contribution in [0, 0.1) is 0 Å². The maximum Gasteiger partial charge on any atom is 0.387 e. The van der Waals surface area contributed by atoms with E-state index in [-0.39, 0.29) is 5.75 Å². The van der Waals surface area contributed by atoms with E-state index >= 15 is 0 Å². The number of ether oxygens (including phenoxy) is 3. The highest BCUT2D eigenvalue weighted by Crippen LogP contribution is 2.35. The van der Waals surface area contributed by atoms with E-state index < -0.39 is 6.61 Å². The molecular formula is C25H19F2N3O3. The summed E-state index contributed by atoms with van der Waals surface area (Å²) in [5.41, 5.74) is 3.33. The molecule has 0 fully saturated rings. The summed E-state index contributed by atoms with van der Waals surface area (Å²) < 4.78 is 43.2. The fraction of sp³-hybridized carbons (Fsp3) is 0.120. The number of halogens is 2. The van der Waals surface area contributed by atoms with Gasteiger partial charge in [0.1, 0.15) is 24.6 Å². The van der Waals surface area contributed by atoms with Gasteiger partial charge in [0.2, 0.25) is 0 Å². The number of rotatable bonds is 6. The Labute approximate surface area is 188 Å². The summed E-state index contributed by atoms with van der Waals surface area (Å²) in [4.78, 5) is 4.42. The number of aliphatic imine (C=N–C) groups is 1. The first-order valence-electron chi connectivity index (χ1n) is 10.3. The maximum absolute atomic E-state index is 12.8. The Bertz CT molecular complexity index is 1290. The predicted octanol–water partition coefficient (Wildman–Crippen LogP) is 5.66. The molecule has 0 amide bonds. The molecule has 8 heteroatoms. The van der Waals surface area contributed by atoms with Gasteiger partial charge in [-0.3, -0.25) is 4.99 Å². The molecule has 0 aliphatic carbocycles. The van der Waals surface area contributed by atoms with Gasteiger partial charge in [-0.1, -0.05) is 30.3 Å². The van der Waals surface area contributed by atoms with Gasteiger partial charge >= 0.3 is 6.61 Å². The van der Waals surface area contributed by atoms with E-state index in [0.29, 0.717) is 41.7 Å². The third kappa shape index (κ3) is 4.55. The highest BCUT2D eigenvalue weighted by atomic mass is 19.3. The van der Waals surface area contributed by atoms with Gasteiger partial charge in [0.25, 0.3) is 0 Å². The minimum absolute atomic E-state index is 0.0000748. The molecule has 2 heterocycles. The lowest BCUT2D eigenvalue weighted by Gasteiger charge is -2.18. The van der Waals surface area contributed by atoms with E-state index in [0.717, 1.165) is 11.3 Å². The van der Waals surface area contributed by atoms with Crippen LogP contribution in [0.3, 0.4) is 0 Å². The highest BCUT2D eigenvalue weighted by molar-refractivity contribution is 5.91. The largest absolute Gasteiger partial charge is 0.486 e. The SMILES string of the molecule is FC(F)Oc1ccccc1N=Cc1cn(-c2ccccc2)nc1-c1ccc2c(c1)OCCO2. The summed E-state index contributed by atoms with van der Waals surface area (Å²) in [5, 5.41) is 4.76. The lowest BCUT2D eigenvalue weighted by atomic mass is 10.1. The van der Waals surface area contributed by atoms with Crippen molar-refractivity contribution >= 4 is 11.9 Å². The summed E-state index contributed by atoms with van der Waals surface area (Å²) in [7, 11) is 0. The van der Waals surface area contributed by atoms with Gasteiger partial charge in [0, 0.05) is 23.5 Å². The van der Waals surface area contributed by atoms with Gasteiger partial charge in [-0.2, -0.15) is 13.9 Å². The molecule has 0 N–H and O–H groups in total. The van der Waals surface area contributed by atoms with Crippen LogP contribution >= 0.6 is 0 Å². The van der Waals surface area contributed by atoms with Gasteiger partial charge < -0.3 is 14.2 Å². The number of hydrogen-bond donors (Lipinski definition) is 0. The van der Waals surface area contributed by atoms with Crippen molar-refractivity contribution in [2.24, 2.45) is 4.99 Å². The maximum atomic E-state index is 12.8. The minimum Gasteiger partial charge on any atom is -0.486 e. The second kappa shape index (κ2) is 9.12. The van der Waals surface area contributed by atoms with Gasteiger partial charge in [-0.15, -0.1) is 0 Å². The zero-order valence-corrected chi connectivity index (χ0v) is 17.4. The monoisotopic (exact) mass is 447 g/mol. The van der Waals surface area contributed by atoms with Crippen LogP contribution in [0.15, 0.2) is 84.0 Å². The van der Waals surface area contributed by atoms with Gasteiger partial charge in [-0.25, -0.2) is 4.68 Å². The van der Waals surface area contributed by atoms with Gasteiger partial charge in [0.15, 0.2) is 17.2 Å². The summed E-state index contributed by atoms with van der Waals surface area (Å²) in [6, 6.07) is 21.7. The predicted molar refractivity (Wildman–Crippen MR) is 120 cm³/mol. The van der Waals surface area contributed by atoms with Crippen LogP contribution in [0.2, 0.25) is 0 Å². The van der Waals surface area contributed by atoms with Crippen LogP contribution in [-0.4, -0.2) is 35.8 Å². The molecule has 4 aromatic rings. The van der Waals surface area contributed by atoms with Crippen molar-refractivity contribution in [2.75, 3.05) is 13.2 Å². The Morgan fingerprint density at radius 1 is 0.939 bits per heavy atom. The van der Waals surface area contributed by atoms with Crippen LogP contribution in [-0.2, 0) is 0 Å².